The molecule has 8 heteroatoms. The molecule has 0 saturated heterocycles. The van der Waals surface area contributed by atoms with Crippen molar-refractivity contribution in [1.29, 1.82) is 0 Å². The van der Waals surface area contributed by atoms with Crippen LogP contribution in [0, 0.1) is 0 Å². The number of ether oxygens (including phenoxy) is 1. The van der Waals surface area contributed by atoms with Crippen LogP contribution in [0.1, 0.15) is 34.7 Å². The van der Waals surface area contributed by atoms with E-state index in [9.17, 15) is 18.4 Å². The SMILES string of the molecule is COc1ccc(S(=O)(=O)N2CCc3cc4c(cc3C2C(=O)NO)CCC4)cc1. The lowest BCUT2D eigenvalue weighted by atomic mass is 9.90. The van der Waals surface area contributed by atoms with Crippen molar-refractivity contribution in [2.45, 2.75) is 36.6 Å². The average Bonchev–Trinajstić information content (AvgIpc) is 3.18. The number of aryl methyl sites for hydroxylation is 2. The first-order valence-corrected chi connectivity index (χ1v) is 10.6. The van der Waals surface area contributed by atoms with Crippen LogP contribution in [0.4, 0.5) is 0 Å². The Kier molecular flexibility index (Phi) is 4.86. The molecule has 0 aromatic heterocycles. The average molecular weight is 402 g/mol. The fourth-order valence-electron chi connectivity index (χ4n) is 4.16. The summed E-state index contributed by atoms with van der Waals surface area (Å²) in [6.45, 7) is 0.165. The van der Waals surface area contributed by atoms with Crippen LogP contribution in [-0.2, 0) is 34.1 Å². The first kappa shape index (κ1) is 18.9. The summed E-state index contributed by atoms with van der Waals surface area (Å²) >= 11 is 0. The van der Waals surface area contributed by atoms with Crippen molar-refractivity contribution >= 4 is 15.9 Å². The number of hydrogen-bond acceptors (Lipinski definition) is 5. The Hall–Kier alpha value is -2.42. The van der Waals surface area contributed by atoms with E-state index in [1.807, 2.05) is 6.07 Å². The number of nitrogens with zero attached hydrogens (tertiary/aromatic N) is 1. The Morgan fingerprint density at radius 1 is 1.11 bits per heavy atom. The van der Waals surface area contributed by atoms with Crippen molar-refractivity contribution in [2.24, 2.45) is 0 Å². The highest BCUT2D eigenvalue weighted by Crippen LogP contribution is 2.38. The van der Waals surface area contributed by atoms with Crippen LogP contribution in [0.2, 0.25) is 0 Å². The predicted molar refractivity (Wildman–Crippen MR) is 102 cm³/mol. The van der Waals surface area contributed by atoms with E-state index >= 15 is 0 Å². The number of methoxy groups -OCH3 is 1. The smallest absolute Gasteiger partial charge is 0.266 e. The van der Waals surface area contributed by atoms with Gasteiger partial charge in [-0.15, -0.1) is 0 Å². The number of benzene rings is 2. The lowest BCUT2D eigenvalue weighted by Gasteiger charge is -2.35. The van der Waals surface area contributed by atoms with E-state index in [1.165, 1.54) is 29.1 Å². The maximum absolute atomic E-state index is 13.3. The minimum atomic E-state index is -3.94. The van der Waals surface area contributed by atoms with Crippen LogP contribution in [-0.4, -0.2) is 37.5 Å². The van der Waals surface area contributed by atoms with Crippen LogP contribution in [0.25, 0.3) is 0 Å². The summed E-state index contributed by atoms with van der Waals surface area (Å²) in [5.74, 6) is -0.209. The summed E-state index contributed by atoms with van der Waals surface area (Å²) in [5.41, 5.74) is 5.69. The first-order chi connectivity index (χ1) is 13.5. The zero-order valence-corrected chi connectivity index (χ0v) is 16.3. The van der Waals surface area contributed by atoms with E-state index in [-0.39, 0.29) is 11.4 Å². The molecule has 1 aliphatic carbocycles. The van der Waals surface area contributed by atoms with Crippen molar-refractivity contribution in [2.75, 3.05) is 13.7 Å². The third-order valence-corrected chi connectivity index (χ3v) is 7.44. The van der Waals surface area contributed by atoms with E-state index in [0.717, 1.165) is 30.4 Å². The van der Waals surface area contributed by atoms with Gasteiger partial charge in [0.2, 0.25) is 10.0 Å². The van der Waals surface area contributed by atoms with Gasteiger partial charge >= 0.3 is 0 Å². The maximum atomic E-state index is 13.3. The number of hydroxylamine groups is 1. The Bertz CT molecular complexity index is 1020. The molecule has 2 aromatic carbocycles. The molecular weight excluding hydrogens is 380 g/mol. The van der Waals surface area contributed by atoms with Gasteiger partial charge in [-0.2, -0.15) is 4.31 Å². The number of nitrogens with one attached hydrogen (secondary N) is 1. The molecule has 1 unspecified atom stereocenters. The Morgan fingerprint density at radius 2 is 1.79 bits per heavy atom. The molecule has 2 N–H and O–H groups in total. The zero-order chi connectivity index (χ0) is 19.9. The molecule has 0 spiro atoms. The fraction of sp³-hybridized carbons (Fsp3) is 0.350. The van der Waals surface area contributed by atoms with E-state index in [2.05, 4.69) is 6.07 Å². The van der Waals surface area contributed by atoms with Crippen molar-refractivity contribution in [3.05, 3.63) is 58.7 Å². The second-order valence-electron chi connectivity index (χ2n) is 7.09. The van der Waals surface area contributed by atoms with Crippen LogP contribution in [0.3, 0.4) is 0 Å². The molecule has 2 aromatic rings. The van der Waals surface area contributed by atoms with Gasteiger partial charge < -0.3 is 4.74 Å². The number of rotatable bonds is 4. The number of amides is 1. The van der Waals surface area contributed by atoms with Gasteiger partial charge in [-0.3, -0.25) is 10.0 Å². The summed E-state index contributed by atoms with van der Waals surface area (Å²) in [6.07, 6.45) is 3.50. The number of hydrogen-bond donors (Lipinski definition) is 2. The van der Waals surface area contributed by atoms with Crippen molar-refractivity contribution in [1.82, 2.24) is 9.79 Å². The van der Waals surface area contributed by atoms with Crippen LogP contribution in [0.5, 0.6) is 5.75 Å². The molecule has 1 atom stereocenters. The molecule has 148 valence electrons. The van der Waals surface area contributed by atoms with E-state index in [1.54, 1.807) is 17.6 Å². The van der Waals surface area contributed by atoms with E-state index in [4.69, 9.17) is 4.74 Å². The van der Waals surface area contributed by atoms with Gasteiger partial charge in [-0.25, -0.2) is 13.9 Å². The fourth-order valence-corrected chi connectivity index (χ4v) is 5.72. The second kappa shape index (κ2) is 7.20. The molecule has 2 aliphatic rings. The quantitative estimate of drug-likeness (QED) is 0.602. The predicted octanol–water partition coefficient (Wildman–Crippen LogP) is 1.98. The summed E-state index contributed by atoms with van der Waals surface area (Å²) in [4.78, 5) is 12.6. The van der Waals surface area contributed by atoms with Gasteiger partial charge in [-0.1, -0.05) is 12.1 Å². The highest BCUT2D eigenvalue weighted by atomic mass is 32.2. The molecule has 1 amide bonds. The van der Waals surface area contributed by atoms with Crippen molar-refractivity contribution in [3.63, 3.8) is 0 Å². The minimum Gasteiger partial charge on any atom is -0.497 e. The minimum absolute atomic E-state index is 0.0775. The maximum Gasteiger partial charge on any atom is 0.266 e. The topological polar surface area (TPSA) is 95.9 Å². The van der Waals surface area contributed by atoms with Gasteiger partial charge in [0.15, 0.2) is 0 Å². The van der Waals surface area contributed by atoms with E-state index in [0.29, 0.717) is 17.7 Å². The first-order valence-electron chi connectivity index (χ1n) is 9.20. The number of fused-ring (bicyclic) bond motifs is 2. The van der Waals surface area contributed by atoms with E-state index < -0.39 is 22.0 Å². The third kappa shape index (κ3) is 3.07. The number of carbonyl (C=O) groups excluding carboxylic acids is 1. The molecule has 4 rings (SSSR count). The van der Waals surface area contributed by atoms with Crippen molar-refractivity contribution in [3.8, 4) is 5.75 Å². The van der Waals surface area contributed by atoms with Gasteiger partial charge in [0.05, 0.1) is 12.0 Å². The van der Waals surface area contributed by atoms with Gasteiger partial charge in [0.1, 0.15) is 11.8 Å². The summed E-state index contributed by atoms with van der Waals surface area (Å²) in [7, 11) is -2.44. The number of sulfonamides is 1. The van der Waals surface area contributed by atoms with Crippen LogP contribution in [0.15, 0.2) is 41.3 Å². The number of carbonyl (C=O) groups is 1. The molecule has 0 fully saturated rings. The molecule has 0 bridgehead atoms. The third-order valence-electron chi connectivity index (χ3n) is 5.56. The standard InChI is InChI=1S/C20H22N2O5S/c1-27-16-5-7-17(8-6-16)28(25,26)22-10-9-15-11-13-3-2-4-14(13)12-18(15)19(22)20(23)21-24/h5-8,11-12,19,24H,2-4,9-10H2,1H3,(H,21,23). The molecule has 28 heavy (non-hydrogen) atoms. The van der Waals surface area contributed by atoms with Crippen LogP contribution >= 0.6 is 0 Å². The van der Waals surface area contributed by atoms with Crippen molar-refractivity contribution < 1.29 is 23.2 Å². The lowest BCUT2D eigenvalue weighted by molar-refractivity contribution is -0.133. The van der Waals surface area contributed by atoms with Gasteiger partial charge in [-0.05, 0) is 72.2 Å². The molecule has 1 aliphatic heterocycles. The Labute approximate surface area is 163 Å². The zero-order valence-electron chi connectivity index (χ0n) is 15.5. The normalized spacial score (nSPS) is 19.0. The van der Waals surface area contributed by atoms with Crippen LogP contribution < -0.4 is 10.2 Å². The monoisotopic (exact) mass is 402 g/mol. The summed E-state index contributed by atoms with van der Waals surface area (Å²) in [6, 6.07) is 8.98. The Morgan fingerprint density at radius 3 is 2.43 bits per heavy atom. The molecule has 1 heterocycles. The highest BCUT2D eigenvalue weighted by Gasteiger charge is 2.41. The molecule has 0 saturated carbocycles. The highest BCUT2D eigenvalue weighted by molar-refractivity contribution is 7.89. The molecule has 0 radical (unpaired) electrons. The lowest BCUT2D eigenvalue weighted by Crippen LogP contribution is -2.46. The second-order valence-corrected chi connectivity index (χ2v) is 8.98. The Balaban J connectivity index is 1.79. The van der Waals surface area contributed by atoms with Gasteiger partial charge in [0, 0.05) is 6.54 Å². The summed E-state index contributed by atoms with van der Waals surface area (Å²) in [5, 5.41) is 9.29. The largest absolute Gasteiger partial charge is 0.497 e. The molecule has 7 nitrogen and oxygen atoms in total. The molecular formula is C20H22N2O5S. The summed E-state index contributed by atoms with van der Waals surface area (Å²) < 4.78 is 32.8. The van der Waals surface area contributed by atoms with Gasteiger partial charge in [0.25, 0.3) is 5.91 Å².